The van der Waals surface area contributed by atoms with E-state index in [2.05, 4.69) is 0 Å². The molecule has 0 aromatic rings. The van der Waals surface area contributed by atoms with Crippen molar-refractivity contribution in [3.63, 3.8) is 0 Å². The second-order valence-corrected chi connectivity index (χ2v) is 0. The van der Waals surface area contributed by atoms with E-state index in [9.17, 15) is 0 Å². The summed E-state index contributed by atoms with van der Waals surface area (Å²) in [6, 6.07) is 0. The van der Waals surface area contributed by atoms with Crippen LogP contribution in [0.3, 0.4) is 0 Å². The maximum Gasteiger partial charge on any atom is 1.00 e. The maximum atomic E-state index is 6.25. The van der Waals surface area contributed by atoms with Crippen LogP contribution in [0.2, 0.25) is 0 Å². The van der Waals surface area contributed by atoms with Gasteiger partial charge in [-0.1, -0.05) is 0 Å². The van der Waals surface area contributed by atoms with Crippen LogP contribution in [0.5, 0.6) is 0 Å². The van der Waals surface area contributed by atoms with Gasteiger partial charge in [-0.05, 0) is 0 Å². The largest absolute Gasteiger partial charge is 1.00 e. The summed E-state index contributed by atoms with van der Waals surface area (Å²) in [7, 11) is 0. The molecule has 0 fully saturated rings. The molecule has 0 saturated heterocycles. The van der Waals surface area contributed by atoms with Crippen LogP contribution in [-0.2, 0) is 22.4 Å². The fourth-order valence-electron chi connectivity index (χ4n) is 0. The summed E-state index contributed by atoms with van der Waals surface area (Å²) in [5.74, 6) is 0. The molecular formula is CH2AuNO. The quantitative estimate of drug-likeness (QED) is 0.407. The molecule has 0 amide bonds. The average molecular weight is 241 g/mol. The van der Waals surface area contributed by atoms with E-state index < -0.39 is 0 Å². The molecular weight excluding hydrogens is 239 g/mol. The summed E-state index contributed by atoms with van der Waals surface area (Å²) >= 11 is 0. The van der Waals surface area contributed by atoms with Crippen molar-refractivity contribution in [2.24, 2.45) is 0 Å². The fraction of sp³-hybridized carbons (Fsp3) is 0. The molecule has 0 aliphatic heterocycles. The Labute approximate surface area is 40.2 Å². The SMILES string of the molecule is O.[Au+].[C-]#N. The summed E-state index contributed by atoms with van der Waals surface area (Å²) in [5.41, 5.74) is 0. The molecule has 0 aliphatic rings. The van der Waals surface area contributed by atoms with Gasteiger partial charge in [0, 0.05) is 0 Å². The molecule has 0 heterocycles. The Kier molecular flexibility index (Phi) is 3180. The first-order valence-corrected chi connectivity index (χ1v) is 0.224. The van der Waals surface area contributed by atoms with E-state index in [4.69, 9.17) is 11.8 Å². The van der Waals surface area contributed by atoms with Gasteiger partial charge in [0.25, 0.3) is 0 Å². The molecule has 4 heavy (non-hydrogen) atoms. The molecule has 0 bridgehead atoms. The molecule has 2 nitrogen and oxygen atoms in total. The number of hydrogen-bond acceptors (Lipinski definition) is 1. The van der Waals surface area contributed by atoms with E-state index in [1.54, 1.807) is 0 Å². The van der Waals surface area contributed by atoms with Crippen LogP contribution in [0.25, 0.3) is 0 Å². The van der Waals surface area contributed by atoms with Gasteiger partial charge in [-0.15, -0.1) is 0 Å². The first-order valence-electron chi connectivity index (χ1n) is 0.224. The minimum Gasteiger partial charge on any atom is -0.512 e. The molecule has 0 aromatic heterocycles. The zero-order chi connectivity index (χ0) is 2.00. The zero-order valence-electron chi connectivity index (χ0n) is 1.75. The van der Waals surface area contributed by atoms with Gasteiger partial charge in [0.1, 0.15) is 0 Å². The maximum absolute atomic E-state index is 6.25. The third-order valence-electron chi connectivity index (χ3n) is 0. The minimum atomic E-state index is 0. The summed E-state index contributed by atoms with van der Waals surface area (Å²) < 4.78 is 0. The molecule has 28 valence electrons. The first-order chi connectivity index (χ1) is 1.00. The predicted molar refractivity (Wildman–Crippen MR) is 8.58 cm³/mol. The van der Waals surface area contributed by atoms with Crippen molar-refractivity contribution >= 4 is 0 Å². The van der Waals surface area contributed by atoms with E-state index in [0.717, 1.165) is 0 Å². The Morgan fingerprint density at radius 1 is 1.25 bits per heavy atom. The zero-order valence-corrected chi connectivity index (χ0v) is 3.92. The van der Waals surface area contributed by atoms with Crippen LogP contribution >= 0.6 is 0 Å². The van der Waals surface area contributed by atoms with Gasteiger partial charge in [0.05, 0.1) is 0 Å². The summed E-state index contributed by atoms with van der Waals surface area (Å²) in [6.07, 6.45) is 0. The molecule has 0 radical (unpaired) electrons. The Morgan fingerprint density at radius 3 is 1.25 bits per heavy atom. The molecule has 0 atom stereocenters. The molecule has 0 saturated carbocycles. The van der Waals surface area contributed by atoms with E-state index in [0.29, 0.717) is 0 Å². The topological polar surface area (TPSA) is 55.3 Å². The molecule has 0 aromatic carbocycles. The van der Waals surface area contributed by atoms with E-state index in [1.165, 1.54) is 0 Å². The van der Waals surface area contributed by atoms with Gasteiger partial charge in [0.2, 0.25) is 0 Å². The number of nitrogens with zero attached hydrogens (tertiary/aromatic N) is 1. The molecule has 2 N–H and O–H groups in total. The molecule has 0 rings (SSSR count). The Balaban J connectivity index is -0.00000000500. The van der Waals surface area contributed by atoms with Gasteiger partial charge >= 0.3 is 22.4 Å². The summed E-state index contributed by atoms with van der Waals surface area (Å²) in [6.45, 7) is 4.75. The monoisotopic (exact) mass is 241 g/mol. The fourth-order valence-corrected chi connectivity index (χ4v) is 0. The minimum absolute atomic E-state index is 0. The van der Waals surface area contributed by atoms with Crippen LogP contribution < -0.4 is 0 Å². The van der Waals surface area contributed by atoms with Crippen LogP contribution in [0, 0.1) is 11.8 Å². The number of rotatable bonds is 0. The van der Waals surface area contributed by atoms with Crippen molar-refractivity contribution in [2.75, 3.05) is 0 Å². The Morgan fingerprint density at radius 2 is 1.25 bits per heavy atom. The van der Waals surface area contributed by atoms with E-state index in [-0.39, 0.29) is 27.9 Å². The molecule has 0 spiro atoms. The van der Waals surface area contributed by atoms with Crippen molar-refractivity contribution in [3.05, 3.63) is 6.57 Å². The Bertz CT molecular complexity index is 12.8. The average Bonchev–Trinajstić information content (AvgIpc) is 1.00. The standard InChI is InChI=1S/CN.Au.H2O/c1-2;;/h;;1H2/q-1;+1;. The normalized spacial score (nSPS) is 0.500. The van der Waals surface area contributed by atoms with Gasteiger partial charge in [0.15, 0.2) is 0 Å². The van der Waals surface area contributed by atoms with Crippen molar-refractivity contribution in [1.29, 1.82) is 5.26 Å². The number of hydrogen-bond donors (Lipinski definition) is 0. The van der Waals surface area contributed by atoms with Crippen molar-refractivity contribution < 1.29 is 27.9 Å². The van der Waals surface area contributed by atoms with Gasteiger partial charge in [-0.25, -0.2) is 0 Å². The third kappa shape index (κ3) is 85.7. The molecule has 0 unspecified atom stereocenters. The Hall–Kier alpha value is 0.190. The van der Waals surface area contributed by atoms with Gasteiger partial charge in [-0.2, -0.15) is 0 Å². The second-order valence-electron chi connectivity index (χ2n) is 0. The van der Waals surface area contributed by atoms with Crippen LogP contribution in [-0.4, -0.2) is 5.48 Å². The van der Waals surface area contributed by atoms with Gasteiger partial charge in [-0.3, -0.25) is 0 Å². The van der Waals surface area contributed by atoms with Crippen molar-refractivity contribution in [1.82, 2.24) is 0 Å². The summed E-state index contributed by atoms with van der Waals surface area (Å²) in [4.78, 5) is 0. The van der Waals surface area contributed by atoms with Crippen LogP contribution in [0.1, 0.15) is 0 Å². The van der Waals surface area contributed by atoms with Crippen LogP contribution in [0.15, 0.2) is 0 Å². The summed E-state index contributed by atoms with van der Waals surface area (Å²) in [5, 5.41) is 6.25. The van der Waals surface area contributed by atoms with E-state index in [1.807, 2.05) is 0 Å². The molecule has 3 heteroatoms. The van der Waals surface area contributed by atoms with Gasteiger partial charge < -0.3 is 17.3 Å². The predicted octanol–water partition coefficient (Wildman–Crippen LogP) is -0.731. The first kappa shape index (κ1) is 30.1. The van der Waals surface area contributed by atoms with E-state index >= 15 is 0 Å². The van der Waals surface area contributed by atoms with Crippen molar-refractivity contribution in [3.8, 4) is 0 Å². The smallest absolute Gasteiger partial charge is 0.512 e. The van der Waals surface area contributed by atoms with Crippen molar-refractivity contribution in [2.45, 2.75) is 0 Å². The third-order valence-corrected chi connectivity index (χ3v) is 0. The van der Waals surface area contributed by atoms with Crippen LogP contribution in [0.4, 0.5) is 0 Å². The molecule has 0 aliphatic carbocycles. The second kappa shape index (κ2) is 423.